The first-order valence-corrected chi connectivity index (χ1v) is 9.41. The monoisotopic (exact) mass is 411 g/mol. The van der Waals surface area contributed by atoms with Gasteiger partial charge in [0.15, 0.2) is 16.6 Å². The number of thiocarbonyl (C=S) groups is 1. The Labute approximate surface area is 168 Å². The van der Waals surface area contributed by atoms with E-state index in [4.69, 9.17) is 41.5 Å². The van der Waals surface area contributed by atoms with Crippen molar-refractivity contribution in [3.8, 4) is 11.5 Å². The van der Waals surface area contributed by atoms with Crippen LogP contribution in [0.5, 0.6) is 11.5 Å². The molecular weight excluding hydrogens is 386 g/mol. The van der Waals surface area contributed by atoms with Crippen LogP contribution in [0.3, 0.4) is 0 Å². The largest absolute Gasteiger partial charge is 0.473 e. The van der Waals surface area contributed by atoms with Gasteiger partial charge in [-0.05, 0) is 36.3 Å². The summed E-state index contributed by atoms with van der Waals surface area (Å²) in [6.45, 7) is 8.42. The van der Waals surface area contributed by atoms with E-state index in [0.717, 1.165) is 62.3 Å². The van der Waals surface area contributed by atoms with Crippen molar-refractivity contribution in [1.82, 2.24) is 15.1 Å². The third-order valence-electron chi connectivity index (χ3n) is 4.21. The van der Waals surface area contributed by atoms with Gasteiger partial charge in [0.05, 0.1) is 0 Å². The molecule has 9 nitrogen and oxygen atoms in total. The van der Waals surface area contributed by atoms with Crippen molar-refractivity contribution >= 4 is 29.3 Å². The molecule has 2 heterocycles. The molecule has 1 aromatic rings. The number of hydrogen-bond donors (Lipinski definition) is 3. The van der Waals surface area contributed by atoms with Crippen LogP contribution in [0.1, 0.15) is 18.9 Å². The van der Waals surface area contributed by atoms with E-state index < -0.39 is 11.9 Å². The van der Waals surface area contributed by atoms with Crippen LogP contribution >= 0.6 is 12.2 Å². The third-order valence-corrected chi connectivity index (χ3v) is 4.61. The molecule has 1 fully saturated rings. The number of fused-ring (bicyclic) bond motifs is 1. The summed E-state index contributed by atoms with van der Waals surface area (Å²) in [4.78, 5) is 22.9. The molecule has 2 aliphatic rings. The zero-order valence-corrected chi connectivity index (χ0v) is 16.5. The lowest BCUT2D eigenvalue weighted by Gasteiger charge is -2.36. The second-order valence-electron chi connectivity index (χ2n) is 6.29. The van der Waals surface area contributed by atoms with Crippen molar-refractivity contribution in [3.63, 3.8) is 0 Å². The van der Waals surface area contributed by atoms with Gasteiger partial charge in [-0.25, -0.2) is 9.59 Å². The number of carboxylic acids is 2. The van der Waals surface area contributed by atoms with Gasteiger partial charge in [-0.15, -0.1) is 0 Å². The number of ether oxygens (including phenoxy) is 2. The Morgan fingerprint density at radius 3 is 2.36 bits per heavy atom. The average Bonchev–Trinajstić information content (AvgIpc) is 3.15. The van der Waals surface area contributed by atoms with Crippen molar-refractivity contribution in [2.24, 2.45) is 0 Å². The summed E-state index contributed by atoms with van der Waals surface area (Å²) in [5, 5.41) is 19.0. The highest BCUT2D eigenvalue weighted by molar-refractivity contribution is 7.80. The van der Waals surface area contributed by atoms with Crippen molar-refractivity contribution < 1.29 is 29.3 Å². The van der Waals surface area contributed by atoms with Crippen LogP contribution < -0.4 is 14.8 Å². The number of rotatable bonds is 4. The summed E-state index contributed by atoms with van der Waals surface area (Å²) in [6, 6.07) is 6.20. The maximum Gasteiger partial charge on any atom is 0.414 e. The van der Waals surface area contributed by atoms with E-state index in [1.165, 1.54) is 5.56 Å². The Morgan fingerprint density at radius 1 is 1.11 bits per heavy atom. The van der Waals surface area contributed by atoms with Crippen LogP contribution in [-0.4, -0.2) is 76.6 Å². The van der Waals surface area contributed by atoms with Crippen molar-refractivity contribution in [2.45, 2.75) is 19.9 Å². The van der Waals surface area contributed by atoms with Gasteiger partial charge in [-0.1, -0.05) is 13.0 Å². The van der Waals surface area contributed by atoms with Gasteiger partial charge < -0.3 is 29.9 Å². The molecule has 3 N–H and O–H groups in total. The molecule has 1 saturated heterocycles. The van der Waals surface area contributed by atoms with Gasteiger partial charge in [-0.3, -0.25) is 4.90 Å². The van der Waals surface area contributed by atoms with Gasteiger partial charge in [-0.2, -0.15) is 0 Å². The zero-order chi connectivity index (χ0) is 20.5. The van der Waals surface area contributed by atoms with E-state index >= 15 is 0 Å². The molecule has 3 rings (SSSR count). The first kappa shape index (κ1) is 21.7. The quantitative estimate of drug-likeness (QED) is 0.489. The van der Waals surface area contributed by atoms with Gasteiger partial charge in [0.25, 0.3) is 0 Å². The maximum atomic E-state index is 9.10. The first-order valence-electron chi connectivity index (χ1n) is 9.00. The van der Waals surface area contributed by atoms with Crippen LogP contribution in [0.25, 0.3) is 0 Å². The Morgan fingerprint density at radius 2 is 1.75 bits per heavy atom. The second-order valence-corrected chi connectivity index (χ2v) is 6.68. The Kier molecular flexibility index (Phi) is 8.27. The molecule has 0 saturated carbocycles. The molecule has 10 heteroatoms. The van der Waals surface area contributed by atoms with E-state index in [0.29, 0.717) is 6.79 Å². The zero-order valence-electron chi connectivity index (χ0n) is 15.7. The van der Waals surface area contributed by atoms with Gasteiger partial charge in [0.2, 0.25) is 6.79 Å². The molecule has 0 aromatic heterocycles. The fourth-order valence-electron chi connectivity index (χ4n) is 2.75. The first-order chi connectivity index (χ1) is 13.4. The Hall–Kier alpha value is -2.59. The van der Waals surface area contributed by atoms with Crippen LogP contribution in [-0.2, 0) is 16.1 Å². The third kappa shape index (κ3) is 6.54. The summed E-state index contributed by atoms with van der Waals surface area (Å²) < 4.78 is 10.8. The van der Waals surface area contributed by atoms with E-state index in [1.807, 2.05) is 6.07 Å². The number of nitrogens with one attached hydrogen (secondary N) is 1. The van der Waals surface area contributed by atoms with E-state index in [-0.39, 0.29) is 0 Å². The fourth-order valence-corrected chi connectivity index (χ4v) is 3.03. The van der Waals surface area contributed by atoms with E-state index in [9.17, 15) is 0 Å². The number of benzene rings is 1. The normalized spacial score (nSPS) is 15.4. The summed E-state index contributed by atoms with van der Waals surface area (Å²) >= 11 is 5.43. The van der Waals surface area contributed by atoms with Crippen LogP contribution in [0.15, 0.2) is 18.2 Å². The number of piperazine rings is 1. The van der Waals surface area contributed by atoms with Crippen LogP contribution in [0, 0.1) is 0 Å². The lowest BCUT2D eigenvalue weighted by molar-refractivity contribution is -0.159. The Bertz CT molecular complexity index is 695. The number of nitrogens with zero attached hydrogens (tertiary/aromatic N) is 2. The highest BCUT2D eigenvalue weighted by atomic mass is 32.1. The molecule has 0 radical (unpaired) electrons. The van der Waals surface area contributed by atoms with Gasteiger partial charge in [0.1, 0.15) is 0 Å². The minimum absolute atomic E-state index is 0.333. The van der Waals surface area contributed by atoms with Gasteiger partial charge in [0, 0.05) is 39.3 Å². The molecule has 0 unspecified atom stereocenters. The molecule has 154 valence electrons. The summed E-state index contributed by atoms with van der Waals surface area (Å²) in [6.07, 6.45) is 1.10. The molecule has 0 aliphatic carbocycles. The minimum atomic E-state index is -1.82. The predicted molar refractivity (Wildman–Crippen MR) is 106 cm³/mol. The molecule has 1 aromatic carbocycles. The topological polar surface area (TPSA) is 112 Å². The van der Waals surface area contributed by atoms with Gasteiger partial charge >= 0.3 is 11.9 Å². The maximum absolute atomic E-state index is 9.10. The van der Waals surface area contributed by atoms with Crippen molar-refractivity contribution in [2.75, 3.05) is 39.5 Å². The molecule has 28 heavy (non-hydrogen) atoms. The minimum Gasteiger partial charge on any atom is -0.473 e. The van der Waals surface area contributed by atoms with Crippen molar-refractivity contribution in [3.05, 3.63) is 23.8 Å². The standard InChI is InChI=1S/C16H23N3O2S.C2H2O4/c1-2-5-17-16(22)19-8-6-18(7-9-19)11-13-3-4-14-15(10-13)21-12-20-14;3-1(4)2(5)6/h3-4,10H,2,5-9,11-12H2,1H3,(H,17,22);(H,3,4)(H,5,6). The molecule has 0 amide bonds. The fraction of sp³-hybridized carbons (Fsp3) is 0.500. The highest BCUT2D eigenvalue weighted by Crippen LogP contribution is 2.32. The summed E-state index contributed by atoms with van der Waals surface area (Å²) in [5.41, 5.74) is 1.27. The highest BCUT2D eigenvalue weighted by Gasteiger charge is 2.20. The van der Waals surface area contributed by atoms with Crippen LogP contribution in [0.2, 0.25) is 0 Å². The Balaban J connectivity index is 0.000000409. The number of carboxylic acid groups (broad SMARTS) is 2. The van der Waals surface area contributed by atoms with Crippen molar-refractivity contribution in [1.29, 1.82) is 0 Å². The summed E-state index contributed by atoms with van der Waals surface area (Å²) in [7, 11) is 0. The smallest absolute Gasteiger partial charge is 0.414 e. The number of carbonyl (C=O) groups is 2. The molecule has 0 atom stereocenters. The summed E-state index contributed by atoms with van der Waals surface area (Å²) in [5.74, 6) is -1.94. The lowest BCUT2D eigenvalue weighted by atomic mass is 10.1. The van der Waals surface area contributed by atoms with E-state index in [1.54, 1.807) is 0 Å². The predicted octanol–water partition coefficient (Wildman–Crippen LogP) is 0.973. The molecular formula is C18H25N3O6S. The molecule has 2 aliphatic heterocycles. The molecule has 0 spiro atoms. The lowest BCUT2D eigenvalue weighted by Crippen LogP contribution is -2.51. The molecule has 0 bridgehead atoms. The SMILES string of the molecule is CCCNC(=S)N1CCN(Cc2ccc3c(c2)OCO3)CC1.O=C(O)C(=O)O. The van der Waals surface area contributed by atoms with Crippen LogP contribution in [0.4, 0.5) is 0 Å². The number of hydrogen-bond acceptors (Lipinski definition) is 6. The number of aliphatic carboxylic acids is 2. The average molecular weight is 411 g/mol. The second kappa shape index (κ2) is 10.7. The van der Waals surface area contributed by atoms with E-state index in [2.05, 4.69) is 34.2 Å².